The molecule has 0 aliphatic heterocycles. The van der Waals surface area contributed by atoms with Gasteiger partial charge in [-0.1, -0.05) is 35.0 Å². The highest BCUT2D eigenvalue weighted by Gasteiger charge is 2.01. The molecule has 0 aromatic heterocycles. The second kappa shape index (κ2) is 8.59. The summed E-state index contributed by atoms with van der Waals surface area (Å²) < 4.78 is 1.04. The molecular formula is C11H15BrO3. The third-order valence-corrected chi connectivity index (χ3v) is 2.23. The van der Waals surface area contributed by atoms with E-state index in [-0.39, 0.29) is 19.1 Å². The summed E-state index contributed by atoms with van der Waals surface area (Å²) in [5, 5.41) is 15.2. The van der Waals surface area contributed by atoms with Crippen molar-refractivity contribution in [2.45, 2.75) is 12.8 Å². The molecule has 0 bridgehead atoms. The second-order valence-corrected chi connectivity index (χ2v) is 3.84. The zero-order valence-corrected chi connectivity index (χ0v) is 10.1. The molecule has 2 N–H and O–H groups in total. The van der Waals surface area contributed by atoms with Crippen LogP contribution in [0.2, 0.25) is 0 Å². The number of hydrogen-bond donors (Lipinski definition) is 2. The molecule has 0 aliphatic carbocycles. The lowest BCUT2D eigenvalue weighted by Gasteiger charge is -2.02. The van der Waals surface area contributed by atoms with E-state index in [2.05, 4.69) is 15.9 Å². The third kappa shape index (κ3) is 6.38. The van der Waals surface area contributed by atoms with E-state index in [9.17, 15) is 4.79 Å². The van der Waals surface area contributed by atoms with Gasteiger partial charge in [-0.25, -0.2) is 0 Å². The predicted octanol–water partition coefficient (Wildman–Crippen LogP) is 1.72. The lowest BCUT2D eigenvalue weighted by molar-refractivity contribution is -0.108. The maximum absolute atomic E-state index is 10.4. The van der Waals surface area contributed by atoms with Gasteiger partial charge in [-0.05, 0) is 17.7 Å². The van der Waals surface area contributed by atoms with Crippen LogP contribution in [0.3, 0.4) is 0 Å². The van der Waals surface area contributed by atoms with Crippen LogP contribution in [0.5, 0.6) is 0 Å². The molecule has 1 atom stereocenters. The molecule has 4 heteroatoms. The number of carbonyl (C=O) groups is 1. The van der Waals surface area contributed by atoms with Gasteiger partial charge in [0, 0.05) is 10.4 Å². The maximum Gasteiger partial charge on any atom is 0.127 e. The fourth-order valence-electron chi connectivity index (χ4n) is 0.845. The second-order valence-electron chi connectivity index (χ2n) is 2.92. The molecule has 0 saturated heterocycles. The molecule has 0 radical (unpaired) electrons. The lowest BCUT2D eigenvalue weighted by atomic mass is 10.0. The average molecular weight is 275 g/mol. The first-order chi connectivity index (χ1) is 7.15. The van der Waals surface area contributed by atoms with Crippen LogP contribution in [0.25, 0.3) is 0 Å². The minimum Gasteiger partial charge on any atom is -0.394 e. The van der Waals surface area contributed by atoms with Gasteiger partial charge in [-0.3, -0.25) is 0 Å². The van der Waals surface area contributed by atoms with Crippen LogP contribution in [-0.2, 0) is 4.79 Å². The summed E-state index contributed by atoms with van der Waals surface area (Å²) in [5.74, 6) is 0.00287. The number of benzene rings is 1. The van der Waals surface area contributed by atoms with Crippen LogP contribution in [0.4, 0.5) is 0 Å². The van der Waals surface area contributed by atoms with Crippen molar-refractivity contribution in [3.63, 3.8) is 0 Å². The first-order valence-electron chi connectivity index (χ1n) is 4.58. The summed E-state index contributed by atoms with van der Waals surface area (Å²) in [6, 6.07) is 7.77. The van der Waals surface area contributed by atoms with Gasteiger partial charge < -0.3 is 15.0 Å². The molecule has 0 heterocycles. The standard InChI is InChI=1S/C9H9BrO.C2H6O2/c1-7(6-11)8-2-4-9(10)5-3-8;3-1-2-4/h2-7H,1H3;3-4H,1-2H2. The molecule has 0 aliphatic rings. The van der Waals surface area contributed by atoms with E-state index in [0.717, 1.165) is 16.3 Å². The number of carbonyl (C=O) groups excluding carboxylic acids is 1. The van der Waals surface area contributed by atoms with Crippen molar-refractivity contribution in [1.29, 1.82) is 0 Å². The van der Waals surface area contributed by atoms with Gasteiger partial charge in [0.05, 0.1) is 13.2 Å². The molecular weight excluding hydrogens is 260 g/mol. The number of rotatable bonds is 3. The molecule has 0 amide bonds. The summed E-state index contributed by atoms with van der Waals surface area (Å²) in [4.78, 5) is 10.4. The monoisotopic (exact) mass is 274 g/mol. The lowest BCUT2D eigenvalue weighted by Crippen LogP contribution is -1.92. The summed E-state index contributed by atoms with van der Waals surface area (Å²) in [6.07, 6.45) is 0.948. The van der Waals surface area contributed by atoms with Crippen molar-refractivity contribution in [2.75, 3.05) is 13.2 Å². The minimum atomic E-state index is -0.125. The van der Waals surface area contributed by atoms with E-state index < -0.39 is 0 Å². The molecule has 3 nitrogen and oxygen atoms in total. The SMILES string of the molecule is CC(C=O)c1ccc(Br)cc1.OCCO. The van der Waals surface area contributed by atoms with E-state index >= 15 is 0 Å². The molecule has 1 rings (SSSR count). The molecule has 15 heavy (non-hydrogen) atoms. The highest BCUT2D eigenvalue weighted by molar-refractivity contribution is 9.10. The Morgan fingerprint density at radius 2 is 1.73 bits per heavy atom. The van der Waals surface area contributed by atoms with E-state index in [4.69, 9.17) is 10.2 Å². The molecule has 0 spiro atoms. The van der Waals surface area contributed by atoms with Gasteiger partial charge in [0.1, 0.15) is 6.29 Å². The van der Waals surface area contributed by atoms with Crippen molar-refractivity contribution in [3.8, 4) is 0 Å². The Morgan fingerprint density at radius 3 is 2.07 bits per heavy atom. The van der Waals surface area contributed by atoms with Crippen LogP contribution in [0, 0.1) is 0 Å². The van der Waals surface area contributed by atoms with Gasteiger partial charge >= 0.3 is 0 Å². The van der Waals surface area contributed by atoms with E-state index in [1.807, 2.05) is 31.2 Å². The summed E-state index contributed by atoms with van der Waals surface area (Å²) >= 11 is 3.33. The topological polar surface area (TPSA) is 57.5 Å². The van der Waals surface area contributed by atoms with Gasteiger partial charge in [-0.15, -0.1) is 0 Å². The molecule has 84 valence electrons. The van der Waals surface area contributed by atoms with Gasteiger partial charge in [0.15, 0.2) is 0 Å². The van der Waals surface area contributed by atoms with Crippen molar-refractivity contribution in [1.82, 2.24) is 0 Å². The zero-order valence-electron chi connectivity index (χ0n) is 8.56. The third-order valence-electron chi connectivity index (χ3n) is 1.70. The Hall–Kier alpha value is -0.710. The summed E-state index contributed by atoms with van der Waals surface area (Å²) in [7, 11) is 0. The highest BCUT2D eigenvalue weighted by atomic mass is 79.9. The van der Waals surface area contributed by atoms with Crippen LogP contribution in [0.1, 0.15) is 18.4 Å². The van der Waals surface area contributed by atoms with Gasteiger partial charge in [-0.2, -0.15) is 0 Å². The predicted molar refractivity (Wildman–Crippen MR) is 62.8 cm³/mol. The van der Waals surface area contributed by atoms with Crippen LogP contribution >= 0.6 is 15.9 Å². The fourth-order valence-corrected chi connectivity index (χ4v) is 1.11. The van der Waals surface area contributed by atoms with Crippen molar-refractivity contribution in [3.05, 3.63) is 34.3 Å². The number of aliphatic hydroxyl groups excluding tert-OH is 2. The average Bonchev–Trinajstić information content (AvgIpc) is 2.29. The first-order valence-corrected chi connectivity index (χ1v) is 5.37. The summed E-state index contributed by atoms with van der Waals surface area (Å²) in [6.45, 7) is 1.64. The highest BCUT2D eigenvalue weighted by Crippen LogP contribution is 2.16. The number of hydrogen-bond acceptors (Lipinski definition) is 3. The molecule has 1 aromatic carbocycles. The van der Waals surface area contributed by atoms with Crippen LogP contribution in [0.15, 0.2) is 28.7 Å². The summed E-state index contributed by atoms with van der Waals surface area (Å²) in [5.41, 5.74) is 1.06. The fraction of sp³-hybridized carbons (Fsp3) is 0.364. The van der Waals surface area contributed by atoms with Crippen molar-refractivity contribution >= 4 is 22.2 Å². The molecule has 1 unspecified atom stereocenters. The quantitative estimate of drug-likeness (QED) is 0.826. The number of halogens is 1. The van der Waals surface area contributed by atoms with E-state index in [0.29, 0.717) is 0 Å². The Bertz CT molecular complexity index is 270. The largest absolute Gasteiger partial charge is 0.394 e. The maximum atomic E-state index is 10.4. The normalized spacial score (nSPS) is 11.2. The first kappa shape index (κ1) is 14.3. The molecule has 0 fully saturated rings. The Morgan fingerprint density at radius 1 is 1.27 bits per heavy atom. The Balaban J connectivity index is 0.000000423. The van der Waals surface area contributed by atoms with Gasteiger partial charge in [0.25, 0.3) is 0 Å². The van der Waals surface area contributed by atoms with Crippen LogP contribution < -0.4 is 0 Å². The Kier molecular flexibility index (Phi) is 8.18. The molecule has 0 saturated carbocycles. The van der Waals surface area contributed by atoms with Gasteiger partial charge in [0.2, 0.25) is 0 Å². The zero-order chi connectivity index (χ0) is 11.7. The number of aliphatic hydroxyl groups is 2. The van der Waals surface area contributed by atoms with E-state index in [1.165, 1.54) is 0 Å². The van der Waals surface area contributed by atoms with E-state index in [1.54, 1.807) is 0 Å². The minimum absolute atomic E-state index is 0.00287. The Labute approximate surface area is 97.9 Å². The van der Waals surface area contributed by atoms with Crippen molar-refractivity contribution < 1.29 is 15.0 Å². The smallest absolute Gasteiger partial charge is 0.127 e. The van der Waals surface area contributed by atoms with Crippen molar-refractivity contribution in [2.24, 2.45) is 0 Å². The number of aldehydes is 1. The molecule has 1 aromatic rings. The van der Waals surface area contributed by atoms with Crippen LogP contribution in [-0.4, -0.2) is 29.7 Å².